The Hall–Kier alpha value is -3.05. The average molecular weight is 336 g/mol. The van der Waals surface area contributed by atoms with Gasteiger partial charge >= 0.3 is 5.97 Å². The highest BCUT2D eigenvalue weighted by Crippen LogP contribution is 2.19. The molecule has 116 valence electrons. The Morgan fingerprint density at radius 1 is 1.39 bits per heavy atom. The van der Waals surface area contributed by atoms with E-state index in [2.05, 4.69) is 9.82 Å². The summed E-state index contributed by atoms with van der Waals surface area (Å²) in [6.07, 6.45) is 0. The van der Waals surface area contributed by atoms with Crippen molar-refractivity contribution in [3.63, 3.8) is 0 Å². The third-order valence-electron chi connectivity index (χ3n) is 2.68. The highest BCUT2D eigenvalue weighted by molar-refractivity contribution is 6.29. The van der Waals surface area contributed by atoms with E-state index in [9.17, 15) is 14.1 Å². The molecule has 0 radical (unpaired) electrons. The van der Waals surface area contributed by atoms with E-state index < -0.39 is 11.8 Å². The number of benzene rings is 1. The predicted octanol–water partition coefficient (Wildman–Crippen LogP) is 3.16. The number of rotatable bonds is 5. The Balaban J connectivity index is 2.16. The van der Waals surface area contributed by atoms with Crippen molar-refractivity contribution in [3.8, 4) is 11.9 Å². The molecule has 1 heterocycles. The van der Waals surface area contributed by atoms with Gasteiger partial charge in [-0.15, -0.1) is 4.91 Å². The Bertz CT molecular complexity index is 807. The van der Waals surface area contributed by atoms with Gasteiger partial charge in [-0.05, 0) is 18.2 Å². The summed E-state index contributed by atoms with van der Waals surface area (Å²) in [5.74, 6) is -1.71. The first-order chi connectivity index (χ1) is 11.0. The van der Waals surface area contributed by atoms with Gasteiger partial charge in [-0.3, -0.25) is 4.84 Å². The first-order valence-electron chi connectivity index (χ1n) is 6.06. The summed E-state index contributed by atoms with van der Waals surface area (Å²) in [5, 5.41) is 10.6. The zero-order valence-electron chi connectivity index (χ0n) is 11.3. The Morgan fingerprint density at radius 2 is 2.17 bits per heavy atom. The number of aromatic nitrogens is 1. The van der Waals surface area contributed by atoms with Crippen LogP contribution in [0.5, 0.6) is 5.88 Å². The van der Waals surface area contributed by atoms with E-state index in [0.29, 0.717) is 0 Å². The lowest BCUT2D eigenvalue weighted by Crippen LogP contribution is -2.04. The van der Waals surface area contributed by atoms with Gasteiger partial charge in [0.2, 0.25) is 5.88 Å². The minimum Gasteiger partial charge on any atom is -0.473 e. The molecule has 2 aromatic rings. The standard InChI is InChI=1S/C14H7ClFN3O4/c15-12-4-10(14(20)23-19-21)5-13(18-12)22-7-9-2-1-8(6-17)3-11(9)16/h1-5H,7H2. The van der Waals surface area contributed by atoms with Gasteiger partial charge < -0.3 is 4.74 Å². The summed E-state index contributed by atoms with van der Waals surface area (Å²) in [5.41, 5.74) is 0.267. The van der Waals surface area contributed by atoms with Gasteiger partial charge in [-0.25, -0.2) is 14.2 Å². The topological polar surface area (TPSA) is 102 Å². The van der Waals surface area contributed by atoms with Gasteiger partial charge in [0.05, 0.1) is 17.2 Å². The first kappa shape index (κ1) is 16.3. The second kappa shape index (κ2) is 7.29. The van der Waals surface area contributed by atoms with Crippen LogP contribution >= 0.6 is 11.6 Å². The number of carbonyl (C=O) groups is 1. The van der Waals surface area contributed by atoms with Crippen molar-refractivity contribution in [2.75, 3.05) is 0 Å². The maximum absolute atomic E-state index is 13.7. The molecule has 23 heavy (non-hydrogen) atoms. The Labute approximate surface area is 134 Å². The van der Waals surface area contributed by atoms with Crippen LogP contribution in [-0.4, -0.2) is 11.0 Å². The molecule has 7 nitrogen and oxygen atoms in total. The SMILES string of the molecule is N#Cc1ccc(COc2cc(C(=O)ON=O)cc(Cl)n2)c(F)c1. The van der Waals surface area contributed by atoms with Crippen molar-refractivity contribution in [1.82, 2.24) is 4.98 Å². The molecule has 9 heteroatoms. The van der Waals surface area contributed by atoms with Gasteiger partial charge in [-0.2, -0.15) is 5.26 Å². The van der Waals surface area contributed by atoms with Crippen molar-refractivity contribution in [3.05, 3.63) is 62.9 Å². The van der Waals surface area contributed by atoms with Crippen LogP contribution in [0.2, 0.25) is 5.15 Å². The third-order valence-corrected chi connectivity index (χ3v) is 2.88. The quantitative estimate of drug-likeness (QED) is 0.472. The van der Waals surface area contributed by atoms with Crippen LogP contribution in [0.4, 0.5) is 4.39 Å². The molecule has 2 rings (SSSR count). The van der Waals surface area contributed by atoms with Crippen molar-refractivity contribution in [1.29, 1.82) is 5.26 Å². The van der Waals surface area contributed by atoms with Crippen molar-refractivity contribution < 1.29 is 18.8 Å². The molecule has 0 aliphatic rings. The summed E-state index contributed by atoms with van der Waals surface area (Å²) in [7, 11) is 0. The molecule has 1 aromatic heterocycles. The number of hydrogen-bond donors (Lipinski definition) is 0. The lowest BCUT2D eigenvalue weighted by Gasteiger charge is -2.08. The smallest absolute Gasteiger partial charge is 0.369 e. The third kappa shape index (κ3) is 4.21. The molecule has 0 aliphatic carbocycles. The number of halogens is 2. The summed E-state index contributed by atoms with van der Waals surface area (Å²) >= 11 is 5.73. The van der Waals surface area contributed by atoms with Crippen LogP contribution in [0.25, 0.3) is 0 Å². The monoisotopic (exact) mass is 335 g/mol. The molecule has 0 fully saturated rings. The summed E-state index contributed by atoms with van der Waals surface area (Å²) in [4.78, 5) is 29.1. The molecule has 0 saturated heterocycles. The van der Waals surface area contributed by atoms with Crippen molar-refractivity contribution in [2.24, 2.45) is 5.34 Å². The fourth-order valence-electron chi connectivity index (χ4n) is 1.64. The summed E-state index contributed by atoms with van der Waals surface area (Å²) < 4.78 is 19.0. The van der Waals surface area contributed by atoms with E-state index in [1.54, 1.807) is 0 Å². The summed E-state index contributed by atoms with van der Waals surface area (Å²) in [6.45, 7) is -0.203. The predicted molar refractivity (Wildman–Crippen MR) is 75.9 cm³/mol. The molecule has 0 atom stereocenters. The van der Waals surface area contributed by atoms with Crippen molar-refractivity contribution in [2.45, 2.75) is 6.61 Å². The number of pyridine rings is 1. The average Bonchev–Trinajstić information content (AvgIpc) is 2.53. The van der Waals surface area contributed by atoms with Crippen molar-refractivity contribution >= 4 is 17.6 Å². The summed E-state index contributed by atoms with van der Waals surface area (Å²) in [6, 6.07) is 8.04. The maximum atomic E-state index is 13.7. The molecule has 1 aromatic carbocycles. The highest BCUT2D eigenvalue weighted by atomic mass is 35.5. The molecule has 0 N–H and O–H groups in total. The minimum atomic E-state index is -1.03. The zero-order chi connectivity index (χ0) is 16.8. The van der Waals surface area contributed by atoms with Gasteiger partial charge in [-0.1, -0.05) is 17.7 Å². The second-order valence-corrected chi connectivity index (χ2v) is 4.56. The maximum Gasteiger partial charge on any atom is 0.369 e. The molecular formula is C14H7ClFN3O4. The van der Waals surface area contributed by atoms with E-state index in [-0.39, 0.29) is 34.3 Å². The lowest BCUT2D eigenvalue weighted by molar-refractivity contribution is 0.0507. The molecule has 0 unspecified atom stereocenters. The minimum absolute atomic E-state index is 0.0703. The van der Waals surface area contributed by atoms with Crippen LogP contribution < -0.4 is 4.74 Å². The van der Waals surface area contributed by atoms with E-state index in [4.69, 9.17) is 21.6 Å². The van der Waals surface area contributed by atoms with Crippen LogP contribution in [-0.2, 0) is 11.4 Å². The van der Waals surface area contributed by atoms with Crippen LogP contribution in [0.1, 0.15) is 21.5 Å². The fourth-order valence-corrected chi connectivity index (χ4v) is 1.84. The molecule has 0 aliphatic heterocycles. The zero-order valence-corrected chi connectivity index (χ0v) is 12.1. The molecule has 0 amide bonds. The van der Waals surface area contributed by atoms with Crippen LogP contribution in [0, 0.1) is 22.1 Å². The van der Waals surface area contributed by atoms with E-state index in [1.165, 1.54) is 18.2 Å². The Kier molecular flexibility index (Phi) is 5.17. The van der Waals surface area contributed by atoms with Crippen LogP contribution in [0.3, 0.4) is 0 Å². The number of nitrogens with zero attached hydrogens (tertiary/aromatic N) is 3. The normalized spacial score (nSPS) is 9.78. The number of ether oxygens (including phenoxy) is 1. The van der Waals surface area contributed by atoms with Crippen LogP contribution in [0.15, 0.2) is 35.7 Å². The molecule has 0 spiro atoms. The lowest BCUT2D eigenvalue weighted by atomic mass is 10.1. The second-order valence-electron chi connectivity index (χ2n) is 4.18. The van der Waals surface area contributed by atoms with Gasteiger partial charge in [0, 0.05) is 11.6 Å². The molecular weight excluding hydrogens is 329 g/mol. The van der Waals surface area contributed by atoms with Gasteiger partial charge in [0.15, 0.2) is 5.34 Å². The largest absolute Gasteiger partial charge is 0.473 e. The molecule has 0 bridgehead atoms. The Morgan fingerprint density at radius 3 is 2.83 bits per heavy atom. The first-order valence-corrected chi connectivity index (χ1v) is 6.44. The molecule has 0 saturated carbocycles. The number of carbonyl (C=O) groups excluding carboxylic acids is 1. The van der Waals surface area contributed by atoms with E-state index >= 15 is 0 Å². The fraction of sp³-hybridized carbons (Fsp3) is 0.0714. The number of hydrogen-bond acceptors (Lipinski definition) is 7. The highest BCUT2D eigenvalue weighted by Gasteiger charge is 2.13. The number of nitriles is 1. The van der Waals surface area contributed by atoms with E-state index in [1.807, 2.05) is 11.4 Å². The van der Waals surface area contributed by atoms with Gasteiger partial charge in [0.25, 0.3) is 0 Å². The van der Waals surface area contributed by atoms with E-state index in [0.717, 1.165) is 12.1 Å². The van der Waals surface area contributed by atoms with Gasteiger partial charge in [0.1, 0.15) is 17.6 Å².